The summed E-state index contributed by atoms with van der Waals surface area (Å²) in [7, 11) is 1.42. The molecule has 132 valence electrons. The summed E-state index contributed by atoms with van der Waals surface area (Å²) in [5.74, 6) is -1.36. The van der Waals surface area contributed by atoms with Crippen molar-refractivity contribution in [2.24, 2.45) is 5.41 Å². The maximum absolute atomic E-state index is 12.8. The number of non-ortho nitro benzene ring substituents is 1. The number of methoxy groups -OCH3 is 1. The van der Waals surface area contributed by atoms with E-state index in [1.807, 2.05) is 0 Å². The molecule has 2 heterocycles. The number of rotatable bonds is 5. The molecule has 2 aromatic rings. The molecule has 1 aliphatic heterocycles. The number of carbonyl (C=O) groups excluding carboxylic acids is 1. The predicted molar refractivity (Wildman–Crippen MR) is 87.4 cm³/mol. The number of amides is 1. The molecular weight excluding hydrogens is 330 g/mol. The number of likely N-dealkylation sites (tertiary alicyclic amines) is 1. The summed E-state index contributed by atoms with van der Waals surface area (Å²) >= 11 is 0. The lowest BCUT2D eigenvalue weighted by Crippen LogP contribution is -2.40. The molecule has 0 saturated carbocycles. The van der Waals surface area contributed by atoms with Crippen LogP contribution in [-0.4, -0.2) is 58.6 Å². The Labute approximate surface area is 142 Å². The number of aromatic amines is 1. The molecule has 0 bridgehead atoms. The minimum atomic E-state index is -1.12. The number of nitro groups is 1. The molecule has 3 rings (SSSR count). The molecule has 0 aliphatic carbocycles. The van der Waals surface area contributed by atoms with E-state index >= 15 is 0 Å². The van der Waals surface area contributed by atoms with Gasteiger partial charge in [-0.2, -0.15) is 0 Å². The highest BCUT2D eigenvalue weighted by molar-refractivity contribution is 6.07. The molecule has 1 atom stereocenters. The Balaban J connectivity index is 1.91. The van der Waals surface area contributed by atoms with Gasteiger partial charge < -0.3 is 19.7 Å². The van der Waals surface area contributed by atoms with Gasteiger partial charge in [-0.3, -0.25) is 19.7 Å². The number of ether oxygens (including phenoxy) is 1. The molecule has 1 amide bonds. The molecule has 9 nitrogen and oxygen atoms in total. The van der Waals surface area contributed by atoms with Crippen molar-refractivity contribution < 1.29 is 24.4 Å². The van der Waals surface area contributed by atoms with Gasteiger partial charge in [-0.1, -0.05) is 0 Å². The molecular formula is C16H17N3O6. The van der Waals surface area contributed by atoms with E-state index in [1.54, 1.807) is 6.07 Å². The van der Waals surface area contributed by atoms with Gasteiger partial charge in [0.1, 0.15) is 5.41 Å². The third-order valence-corrected chi connectivity index (χ3v) is 4.62. The van der Waals surface area contributed by atoms with E-state index in [4.69, 9.17) is 4.74 Å². The molecule has 2 N–H and O–H groups in total. The molecule has 0 radical (unpaired) electrons. The lowest BCUT2D eigenvalue weighted by molar-refractivity contribution is -0.384. The van der Waals surface area contributed by atoms with E-state index in [2.05, 4.69) is 4.98 Å². The number of hydrogen-bond acceptors (Lipinski definition) is 5. The van der Waals surface area contributed by atoms with Crippen molar-refractivity contribution in [2.75, 3.05) is 26.8 Å². The van der Waals surface area contributed by atoms with Crippen LogP contribution in [0.4, 0.5) is 5.69 Å². The monoisotopic (exact) mass is 347 g/mol. The number of fused-ring (bicyclic) bond motifs is 1. The van der Waals surface area contributed by atoms with E-state index in [1.165, 1.54) is 30.3 Å². The number of nitrogens with one attached hydrogen (secondary N) is 1. The van der Waals surface area contributed by atoms with Gasteiger partial charge in [-0.25, -0.2) is 0 Å². The number of aliphatic carboxylic acids is 1. The zero-order chi connectivity index (χ0) is 18.2. The normalized spacial score (nSPS) is 20.1. The Bertz CT molecular complexity index is 861. The van der Waals surface area contributed by atoms with Crippen molar-refractivity contribution in [2.45, 2.75) is 6.42 Å². The Morgan fingerprint density at radius 2 is 2.24 bits per heavy atom. The number of nitro benzene ring substituents is 1. The summed E-state index contributed by atoms with van der Waals surface area (Å²) in [5, 5.41) is 20.9. The fraction of sp³-hybridized carbons (Fsp3) is 0.375. The van der Waals surface area contributed by atoms with Crippen molar-refractivity contribution in [3.63, 3.8) is 0 Å². The molecule has 1 fully saturated rings. The largest absolute Gasteiger partial charge is 0.481 e. The first-order chi connectivity index (χ1) is 11.9. The van der Waals surface area contributed by atoms with Crippen LogP contribution in [0.2, 0.25) is 0 Å². The van der Waals surface area contributed by atoms with Gasteiger partial charge in [-0.15, -0.1) is 0 Å². The molecule has 1 aliphatic rings. The van der Waals surface area contributed by atoms with Gasteiger partial charge in [0.05, 0.1) is 17.1 Å². The number of nitrogens with zero attached hydrogens (tertiary/aromatic N) is 2. The van der Waals surface area contributed by atoms with Crippen LogP contribution in [0.5, 0.6) is 0 Å². The standard InChI is InChI=1S/C16H17N3O6/c1-25-9-16(15(21)22)4-5-18(8-16)14(20)12-7-17-13-3-2-10(19(23)24)6-11(12)13/h2-3,6-7,17H,4-5,8-9H2,1H3,(H,21,22). The van der Waals surface area contributed by atoms with E-state index in [-0.39, 0.29) is 36.9 Å². The fourth-order valence-corrected chi connectivity index (χ4v) is 3.25. The lowest BCUT2D eigenvalue weighted by atomic mass is 9.88. The van der Waals surface area contributed by atoms with E-state index in [0.29, 0.717) is 17.3 Å². The van der Waals surface area contributed by atoms with E-state index in [9.17, 15) is 24.8 Å². The van der Waals surface area contributed by atoms with Crippen LogP contribution < -0.4 is 0 Å². The van der Waals surface area contributed by atoms with Gasteiger partial charge in [0, 0.05) is 49.4 Å². The third kappa shape index (κ3) is 2.82. The maximum Gasteiger partial charge on any atom is 0.313 e. The summed E-state index contributed by atoms with van der Waals surface area (Å²) in [4.78, 5) is 39.2. The quantitative estimate of drug-likeness (QED) is 0.625. The van der Waals surface area contributed by atoms with Crippen LogP contribution in [-0.2, 0) is 9.53 Å². The highest BCUT2D eigenvalue weighted by atomic mass is 16.6. The number of aromatic nitrogens is 1. The van der Waals surface area contributed by atoms with Crippen LogP contribution in [0, 0.1) is 15.5 Å². The number of hydrogen-bond donors (Lipinski definition) is 2. The zero-order valence-electron chi connectivity index (χ0n) is 13.5. The minimum absolute atomic E-state index is 0.0193. The molecule has 1 aromatic carbocycles. The number of carbonyl (C=O) groups is 2. The first kappa shape index (κ1) is 16.9. The van der Waals surface area contributed by atoms with Crippen molar-refractivity contribution in [3.8, 4) is 0 Å². The van der Waals surface area contributed by atoms with Gasteiger partial charge in [-0.05, 0) is 12.5 Å². The van der Waals surface area contributed by atoms with Crippen molar-refractivity contribution in [1.82, 2.24) is 9.88 Å². The van der Waals surface area contributed by atoms with Crippen LogP contribution in [0.15, 0.2) is 24.4 Å². The van der Waals surface area contributed by atoms with Crippen LogP contribution in [0.25, 0.3) is 10.9 Å². The minimum Gasteiger partial charge on any atom is -0.481 e. The van der Waals surface area contributed by atoms with Gasteiger partial charge in [0.15, 0.2) is 0 Å². The summed E-state index contributed by atoms with van der Waals surface area (Å²) in [5.41, 5.74) is -0.337. The lowest BCUT2D eigenvalue weighted by Gasteiger charge is -2.23. The second-order valence-corrected chi connectivity index (χ2v) is 6.18. The Kier molecular flexibility index (Phi) is 4.17. The number of carboxylic acids is 1. The Morgan fingerprint density at radius 1 is 1.48 bits per heavy atom. The van der Waals surface area contributed by atoms with E-state index < -0.39 is 16.3 Å². The van der Waals surface area contributed by atoms with Crippen LogP contribution >= 0.6 is 0 Å². The first-order valence-corrected chi connectivity index (χ1v) is 7.65. The fourth-order valence-electron chi connectivity index (χ4n) is 3.25. The molecule has 25 heavy (non-hydrogen) atoms. The SMILES string of the molecule is COCC1(C(=O)O)CCN(C(=O)c2c[nH]c3ccc([N+](=O)[O-])cc23)C1. The first-order valence-electron chi connectivity index (χ1n) is 7.65. The number of benzene rings is 1. The number of carboxylic acid groups (broad SMARTS) is 1. The molecule has 1 unspecified atom stereocenters. The van der Waals surface area contributed by atoms with Crippen molar-refractivity contribution in [3.05, 3.63) is 40.1 Å². The molecule has 0 spiro atoms. The molecule has 1 saturated heterocycles. The van der Waals surface area contributed by atoms with E-state index in [0.717, 1.165) is 0 Å². The van der Waals surface area contributed by atoms with Crippen molar-refractivity contribution in [1.29, 1.82) is 0 Å². The zero-order valence-corrected chi connectivity index (χ0v) is 13.5. The van der Waals surface area contributed by atoms with Crippen LogP contribution in [0.3, 0.4) is 0 Å². The van der Waals surface area contributed by atoms with Gasteiger partial charge in [0.25, 0.3) is 11.6 Å². The van der Waals surface area contributed by atoms with Gasteiger partial charge >= 0.3 is 5.97 Å². The second kappa shape index (κ2) is 6.17. The highest BCUT2D eigenvalue weighted by Crippen LogP contribution is 2.33. The van der Waals surface area contributed by atoms with Crippen LogP contribution in [0.1, 0.15) is 16.8 Å². The highest BCUT2D eigenvalue weighted by Gasteiger charge is 2.46. The molecule has 1 aromatic heterocycles. The second-order valence-electron chi connectivity index (χ2n) is 6.18. The average molecular weight is 347 g/mol. The third-order valence-electron chi connectivity index (χ3n) is 4.62. The number of H-pyrrole nitrogens is 1. The maximum atomic E-state index is 12.8. The smallest absolute Gasteiger partial charge is 0.313 e. The van der Waals surface area contributed by atoms with Crippen molar-refractivity contribution >= 4 is 28.5 Å². The average Bonchev–Trinajstić information content (AvgIpc) is 3.19. The molecule has 9 heteroatoms. The van der Waals surface area contributed by atoms with Gasteiger partial charge in [0.2, 0.25) is 0 Å². The topological polar surface area (TPSA) is 126 Å². The predicted octanol–water partition coefficient (Wildman–Crippen LogP) is 1.64. The summed E-state index contributed by atoms with van der Waals surface area (Å²) in [6.07, 6.45) is 1.79. The summed E-state index contributed by atoms with van der Waals surface area (Å²) in [6.45, 7) is 0.345. The Hall–Kier alpha value is -2.94. The summed E-state index contributed by atoms with van der Waals surface area (Å²) in [6, 6.07) is 4.24. The Morgan fingerprint density at radius 3 is 2.88 bits per heavy atom. The summed E-state index contributed by atoms with van der Waals surface area (Å²) < 4.78 is 5.02.